The lowest BCUT2D eigenvalue weighted by molar-refractivity contribution is 0.0111. The Morgan fingerprint density at radius 2 is 1.91 bits per heavy atom. The van der Waals surface area contributed by atoms with Crippen LogP contribution in [0.25, 0.3) is 0 Å². The molecule has 0 bridgehead atoms. The molecule has 1 N–H and O–H groups in total. The van der Waals surface area contributed by atoms with Gasteiger partial charge in [0.1, 0.15) is 0 Å². The van der Waals surface area contributed by atoms with Crippen molar-refractivity contribution in [1.29, 1.82) is 0 Å². The molecule has 1 fully saturated rings. The Kier molecular flexibility index (Phi) is 6.64. The molecule has 5 nitrogen and oxygen atoms in total. The van der Waals surface area contributed by atoms with E-state index in [-0.39, 0.29) is 5.91 Å². The van der Waals surface area contributed by atoms with Crippen LogP contribution >= 0.6 is 11.6 Å². The second-order valence-electron chi connectivity index (χ2n) is 5.41. The molecule has 0 aliphatic carbocycles. The first-order chi connectivity index (χ1) is 10.6. The molecule has 1 aliphatic rings. The molecule has 2 rings (SSSR count). The van der Waals surface area contributed by atoms with Gasteiger partial charge in [0.15, 0.2) is 0 Å². The third-order valence-electron chi connectivity index (χ3n) is 3.73. The highest BCUT2D eigenvalue weighted by Crippen LogP contribution is 2.13. The van der Waals surface area contributed by atoms with Gasteiger partial charge in [-0.2, -0.15) is 0 Å². The summed E-state index contributed by atoms with van der Waals surface area (Å²) in [6.45, 7) is 6.34. The molecule has 1 heterocycles. The Hall–Kier alpha value is -1.14. The Morgan fingerprint density at radius 1 is 1.27 bits per heavy atom. The Labute approximate surface area is 136 Å². The maximum Gasteiger partial charge on any atom is 0.253 e. The normalized spacial score (nSPS) is 17.5. The SMILES string of the molecule is CCOC[C@@H](O)CN1CCN(C(=O)c2ccc(Cl)cc2)CC1. The second-order valence-corrected chi connectivity index (χ2v) is 5.85. The van der Waals surface area contributed by atoms with Crippen LogP contribution in [0.15, 0.2) is 24.3 Å². The lowest BCUT2D eigenvalue weighted by Gasteiger charge is -2.35. The number of piperazine rings is 1. The van der Waals surface area contributed by atoms with Crippen LogP contribution in [-0.4, -0.2) is 72.9 Å². The van der Waals surface area contributed by atoms with Gasteiger partial charge in [-0.15, -0.1) is 0 Å². The highest BCUT2D eigenvalue weighted by atomic mass is 35.5. The van der Waals surface area contributed by atoms with Crippen LogP contribution in [0.4, 0.5) is 0 Å². The summed E-state index contributed by atoms with van der Waals surface area (Å²) < 4.78 is 5.21. The minimum atomic E-state index is -0.474. The van der Waals surface area contributed by atoms with Crippen molar-refractivity contribution in [2.45, 2.75) is 13.0 Å². The topological polar surface area (TPSA) is 53.0 Å². The van der Waals surface area contributed by atoms with Crippen molar-refractivity contribution >= 4 is 17.5 Å². The number of benzene rings is 1. The molecule has 0 spiro atoms. The third-order valence-corrected chi connectivity index (χ3v) is 3.99. The summed E-state index contributed by atoms with van der Waals surface area (Å²) in [5, 5.41) is 10.5. The number of rotatable bonds is 6. The zero-order chi connectivity index (χ0) is 15.9. The number of hydrogen-bond donors (Lipinski definition) is 1. The molecule has 1 atom stereocenters. The molecule has 0 radical (unpaired) electrons. The molecule has 1 saturated heterocycles. The van der Waals surface area contributed by atoms with Crippen molar-refractivity contribution in [2.75, 3.05) is 45.9 Å². The Bertz CT molecular complexity index is 473. The number of amides is 1. The number of nitrogens with zero attached hydrogens (tertiary/aromatic N) is 2. The zero-order valence-electron chi connectivity index (χ0n) is 12.9. The first-order valence-electron chi connectivity index (χ1n) is 7.63. The van der Waals surface area contributed by atoms with E-state index < -0.39 is 6.10 Å². The molecular formula is C16H23ClN2O3. The smallest absolute Gasteiger partial charge is 0.253 e. The number of hydrogen-bond acceptors (Lipinski definition) is 4. The molecular weight excluding hydrogens is 304 g/mol. The van der Waals surface area contributed by atoms with E-state index in [1.54, 1.807) is 24.3 Å². The van der Waals surface area contributed by atoms with Gasteiger partial charge in [0.25, 0.3) is 5.91 Å². The van der Waals surface area contributed by atoms with E-state index in [2.05, 4.69) is 4.90 Å². The van der Waals surface area contributed by atoms with Crippen LogP contribution in [0.1, 0.15) is 17.3 Å². The summed E-state index contributed by atoms with van der Waals surface area (Å²) in [6.07, 6.45) is -0.474. The molecule has 22 heavy (non-hydrogen) atoms. The van der Waals surface area contributed by atoms with Gasteiger partial charge < -0.3 is 14.7 Å². The first kappa shape index (κ1) is 17.2. The van der Waals surface area contributed by atoms with Crippen molar-refractivity contribution in [3.05, 3.63) is 34.9 Å². The minimum absolute atomic E-state index is 0.0335. The van der Waals surface area contributed by atoms with Crippen molar-refractivity contribution in [3.8, 4) is 0 Å². The zero-order valence-corrected chi connectivity index (χ0v) is 13.6. The summed E-state index contributed by atoms with van der Waals surface area (Å²) in [6, 6.07) is 6.97. The summed E-state index contributed by atoms with van der Waals surface area (Å²) in [5.41, 5.74) is 0.661. The number of β-amino-alcohol motifs (C(OH)–C–C–N with tert-alkyl or cyclic N) is 1. The maximum absolute atomic E-state index is 12.4. The van der Waals surface area contributed by atoms with Gasteiger partial charge in [0, 0.05) is 49.9 Å². The fourth-order valence-electron chi connectivity index (χ4n) is 2.51. The lowest BCUT2D eigenvalue weighted by atomic mass is 10.2. The van der Waals surface area contributed by atoms with Gasteiger partial charge in [-0.3, -0.25) is 9.69 Å². The van der Waals surface area contributed by atoms with Gasteiger partial charge in [-0.1, -0.05) is 11.6 Å². The van der Waals surface area contributed by atoms with Gasteiger partial charge in [-0.05, 0) is 31.2 Å². The molecule has 122 valence electrons. The number of carbonyl (C=O) groups excluding carboxylic acids is 1. The van der Waals surface area contributed by atoms with E-state index in [4.69, 9.17) is 16.3 Å². The molecule has 1 aliphatic heterocycles. The Morgan fingerprint density at radius 3 is 2.50 bits per heavy atom. The predicted molar refractivity (Wildman–Crippen MR) is 86.3 cm³/mol. The van der Waals surface area contributed by atoms with Gasteiger partial charge in [0.05, 0.1) is 12.7 Å². The average Bonchev–Trinajstić information content (AvgIpc) is 2.54. The van der Waals surface area contributed by atoms with Gasteiger partial charge in [-0.25, -0.2) is 0 Å². The predicted octanol–water partition coefficient (Wildman–Crippen LogP) is 1.50. The van der Waals surface area contributed by atoms with Crippen molar-refractivity contribution in [1.82, 2.24) is 9.80 Å². The number of carbonyl (C=O) groups is 1. The number of aliphatic hydroxyl groups is 1. The van der Waals surface area contributed by atoms with E-state index in [0.717, 1.165) is 13.1 Å². The van der Waals surface area contributed by atoms with E-state index in [9.17, 15) is 9.90 Å². The second kappa shape index (κ2) is 8.48. The van der Waals surface area contributed by atoms with Crippen LogP contribution in [-0.2, 0) is 4.74 Å². The standard InChI is InChI=1S/C16H23ClN2O3/c1-2-22-12-15(20)11-18-7-9-19(10-8-18)16(21)13-3-5-14(17)6-4-13/h3-6,15,20H,2,7-12H2,1H3/t15-/m0/s1. The summed E-state index contributed by atoms with van der Waals surface area (Å²) in [5.74, 6) is 0.0335. The largest absolute Gasteiger partial charge is 0.389 e. The fraction of sp³-hybridized carbons (Fsp3) is 0.562. The molecule has 1 amide bonds. The van der Waals surface area contributed by atoms with Crippen LogP contribution in [0.2, 0.25) is 5.02 Å². The molecule has 1 aromatic carbocycles. The number of halogens is 1. The summed E-state index contributed by atoms with van der Waals surface area (Å²) >= 11 is 5.84. The van der Waals surface area contributed by atoms with Crippen molar-refractivity contribution in [3.63, 3.8) is 0 Å². The van der Waals surface area contributed by atoms with E-state index in [1.165, 1.54) is 0 Å². The van der Waals surface area contributed by atoms with Crippen LogP contribution in [0.5, 0.6) is 0 Å². The van der Waals surface area contributed by atoms with Crippen LogP contribution in [0, 0.1) is 0 Å². The highest BCUT2D eigenvalue weighted by molar-refractivity contribution is 6.30. The van der Waals surface area contributed by atoms with E-state index in [1.807, 2.05) is 11.8 Å². The quantitative estimate of drug-likeness (QED) is 0.860. The molecule has 0 unspecified atom stereocenters. The van der Waals surface area contributed by atoms with E-state index >= 15 is 0 Å². The van der Waals surface area contributed by atoms with Crippen molar-refractivity contribution in [2.24, 2.45) is 0 Å². The monoisotopic (exact) mass is 326 g/mol. The molecule has 0 aromatic heterocycles. The number of aliphatic hydroxyl groups excluding tert-OH is 1. The van der Waals surface area contributed by atoms with Crippen molar-refractivity contribution < 1.29 is 14.6 Å². The maximum atomic E-state index is 12.4. The van der Waals surface area contributed by atoms with Gasteiger partial charge in [0.2, 0.25) is 0 Å². The van der Waals surface area contributed by atoms with Crippen LogP contribution in [0.3, 0.4) is 0 Å². The van der Waals surface area contributed by atoms with Crippen LogP contribution < -0.4 is 0 Å². The minimum Gasteiger partial charge on any atom is -0.389 e. The third kappa shape index (κ3) is 4.95. The summed E-state index contributed by atoms with van der Waals surface area (Å²) in [7, 11) is 0. The number of ether oxygens (including phenoxy) is 1. The van der Waals surface area contributed by atoms with Gasteiger partial charge >= 0.3 is 0 Å². The molecule has 6 heteroatoms. The fourth-order valence-corrected chi connectivity index (χ4v) is 2.64. The molecule has 1 aromatic rings. The molecule has 0 saturated carbocycles. The van der Waals surface area contributed by atoms with E-state index in [0.29, 0.717) is 43.4 Å². The average molecular weight is 327 g/mol. The summed E-state index contributed by atoms with van der Waals surface area (Å²) in [4.78, 5) is 16.4. The Balaban J connectivity index is 1.79. The lowest BCUT2D eigenvalue weighted by Crippen LogP contribution is -2.50. The first-order valence-corrected chi connectivity index (χ1v) is 8.01. The highest BCUT2D eigenvalue weighted by Gasteiger charge is 2.23.